The lowest BCUT2D eigenvalue weighted by Gasteiger charge is -2.27. The van der Waals surface area contributed by atoms with Gasteiger partial charge in [-0.15, -0.1) is 0 Å². The molecule has 1 aromatic carbocycles. The van der Waals surface area contributed by atoms with Crippen molar-refractivity contribution < 1.29 is 5.11 Å². The first-order chi connectivity index (χ1) is 6.63. The summed E-state index contributed by atoms with van der Waals surface area (Å²) < 4.78 is 0. The molecule has 1 N–H and O–H groups in total. The van der Waals surface area contributed by atoms with Gasteiger partial charge in [0, 0.05) is 5.25 Å². The second-order valence-electron chi connectivity index (χ2n) is 4.06. The molecule has 0 amide bonds. The lowest BCUT2D eigenvalue weighted by Crippen LogP contribution is -2.31. The van der Waals surface area contributed by atoms with Crippen molar-refractivity contribution in [2.24, 2.45) is 0 Å². The summed E-state index contributed by atoms with van der Waals surface area (Å²) in [4.78, 5) is 0. The van der Waals surface area contributed by atoms with Crippen LogP contribution in [0.3, 0.4) is 0 Å². The molecule has 1 nitrogen and oxygen atoms in total. The monoisotopic (exact) mass is 208 g/mol. The van der Waals surface area contributed by atoms with Gasteiger partial charge in [-0.1, -0.05) is 36.8 Å². The van der Waals surface area contributed by atoms with Crippen LogP contribution in [0, 0.1) is 6.92 Å². The van der Waals surface area contributed by atoms with Gasteiger partial charge in [0.1, 0.15) is 5.60 Å². The van der Waals surface area contributed by atoms with Gasteiger partial charge in [0.25, 0.3) is 0 Å². The fourth-order valence-corrected chi connectivity index (χ4v) is 3.34. The summed E-state index contributed by atoms with van der Waals surface area (Å²) in [5, 5.41) is 10.8. The van der Waals surface area contributed by atoms with Gasteiger partial charge in [0.15, 0.2) is 0 Å². The maximum absolute atomic E-state index is 10.5. The zero-order chi connectivity index (χ0) is 10.2. The van der Waals surface area contributed by atoms with E-state index in [9.17, 15) is 5.11 Å². The van der Waals surface area contributed by atoms with Crippen molar-refractivity contribution in [1.29, 1.82) is 0 Å². The van der Waals surface area contributed by atoms with Crippen LogP contribution in [-0.2, 0) is 5.60 Å². The van der Waals surface area contributed by atoms with E-state index >= 15 is 0 Å². The number of aryl methyl sites for hydroxylation is 1. The van der Waals surface area contributed by atoms with Crippen LogP contribution in [0.4, 0.5) is 0 Å². The average molecular weight is 208 g/mol. The summed E-state index contributed by atoms with van der Waals surface area (Å²) in [6.45, 7) is 4.18. The molecular weight excluding hydrogens is 192 g/mol. The summed E-state index contributed by atoms with van der Waals surface area (Å²) in [7, 11) is 0. The second kappa shape index (κ2) is 3.59. The average Bonchev–Trinajstić information content (AvgIpc) is 2.49. The molecule has 0 aromatic heterocycles. The minimum Gasteiger partial charge on any atom is -0.384 e. The maximum atomic E-state index is 10.5. The Hall–Kier alpha value is -0.470. The quantitative estimate of drug-likeness (QED) is 0.765. The van der Waals surface area contributed by atoms with E-state index in [1.807, 2.05) is 23.9 Å². The molecule has 1 heterocycles. The Morgan fingerprint density at radius 2 is 2.29 bits per heavy atom. The van der Waals surface area contributed by atoms with Crippen molar-refractivity contribution in [3.05, 3.63) is 35.4 Å². The standard InChI is InChI=1S/C12H16OS/c1-9-4-3-5-11(8-9)12(13)6-7-14-10(12)2/h3-5,8,10,13H,6-7H2,1-2H3. The van der Waals surface area contributed by atoms with Gasteiger partial charge in [-0.05, 0) is 24.7 Å². The molecule has 1 aromatic rings. The Bertz CT molecular complexity index is 337. The molecule has 1 fully saturated rings. The van der Waals surface area contributed by atoms with E-state index in [4.69, 9.17) is 0 Å². The first-order valence-corrected chi connectivity index (χ1v) is 6.09. The van der Waals surface area contributed by atoms with Gasteiger partial charge in [-0.3, -0.25) is 0 Å². The zero-order valence-corrected chi connectivity index (χ0v) is 9.47. The molecule has 2 unspecified atom stereocenters. The Morgan fingerprint density at radius 3 is 2.86 bits per heavy atom. The van der Waals surface area contributed by atoms with Crippen molar-refractivity contribution in [2.45, 2.75) is 31.1 Å². The van der Waals surface area contributed by atoms with Crippen LogP contribution >= 0.6 is 11.8 Å². The van der Waals surface area contributed by atoms with Gasteiger partial charge < -0.3 is 5.11 Å². The van der Waals surface area contributed by atoms with Crippen LogP contribution in [0.5, 0.6) is 0 Å². The van der Waals surface area contributed by atoms with Crippen molar-refractivity contribution in [3.8, 4) is 0 Å². The molecule has 0 saturated carbocycles. The minimum absolute atomic E-state index is 0.310. The highest BCUT2D eigenvalue weighted by atomic mass is 32.2. The van der Waals surface area contributed by atoms with Crippen LogP contribution in [0.15, 0.2) is 24.3 Å². The predicted molar refractivity (Wildman–Crippen MR) is 61.6 cm³/mol. The number of rotatable bonds is 1. The van der Waals surface area contributed by atoms with E-state index in [2.05, 4.69) is 26.0 Å². The first-order valence-electron chi connectivity index (χ1n) is 5.04. The predicted octanol–water partition coefficient (Wildman–Crippen LogP) is 2.71. The molecule has 1 aliphatic heterocycles. The van der Waals surface area contributed by atoms with E-state index in [-0.39, 0.29) is 0 Å². The summed E-state index contributed by atoms with van der Waals surface area (Å²) in [5.41, 5.74) is 1.70. The van der Waals surface area contributed by atoms with Gasteiger partial charge in [-0.2, -0.15) is 11.8 Å². The van der Waals surface area contributed by atoms with Gasteiger partial charge in [-0.25, -0.2) is 0 Å². The lowest BCUT2D eigenvalue weighted by molar-refractivity contribution is 0.0426. The summed E-state index contributed by atoms with van der Waals surface area (Å²) in [6, 6.07) is 8.23. The van der Waals surface area contributed by atoms with Crippen LogP contribution < -0.4 is 0 Å². The SMILES string of the molecule is Cc1cccc(C2(O)CCSC2C)c1. The normalized spacial score (nSPS) is 32.1. The number of hydrogen-bond acceptors (Lipinski definition) is 2. The Kier molecular flexibility index (Phi) is 2.58. The smallest absolute Gasteiger partial charge is 0.102 e. The molecule has 14 heavy (non-hydrogen) atoms. The zero-order valence-electron chi connectivity index (χ0n) is 8.66. The van der Waals surface area contributed by atoms with Crippen molar-refractivity contribution in [1.82, 2.24) is 0 Å². The van der Waals surface area contributed by atoms with Crippen LogP contribution in [0.1, 0.15) is 24.5 Å². The number of thioether (sulfide) groups is 1. The highest BCUT2D eigenvalue weighted by Crippen LogP contribution is 2.42. The Balaban J connectivity index is 2.38. The van der Waals surface area contributed by atoms with E-state index < -0.39 is 5.60 Å². The highest BCUT2D eigenvalue weighted by Gasteiger charge is 2.40. The third kappa shape index (κ3) is 1.57. The van der Waals surface area contributed by atoms with E-state index in [0.717, 1.165) is 17.7 Å². The maximum Gasteiger partial charge on any atom is 0.102 e. The van der Waals surface area contributed by atoms with E-state index in [1.54, 1.807) is 0 Å². The molecular formula is C12H16OS. The van der Waals surface area contributed by atoms with Crippen molar-refractivity contribution >= 4 is 11.8 Å². The number of benzene rings is 1. The van der Waals surface area contributed by atoms with Crippen molar-refractivity contribution in [3.63, 3.8) is 0 Å². The van der Waals surface area contributed by atoms with Gasteiger partial charge in [0.2, 0.25) is 0 Å². The molecule has 0 spiro atoms. The summed E-state index contributed by atoms with van der Waals surface area (Å²) in [5.74, 6) is 1.06. The van der Waals surface area contributed by atoms with Crippen LogP contribution in [-0.4, -0.2) is 16.1 Å². The van der Waals surface area contributed by atoms with Crippen LogP contribution in [0.25, 0.3) is 0 Å². The van der Waals surface area contributed by atoms with Crippen molar-refractivity contribution in [2.75, 3.05) is 5.75 Å². The summed E-state index contributed by atoms with van der Waals surface area (Å²) in [6.07, 6.45) is 0.877. The largest absolute Gasteiger partial charge is 0.384 e. The van der Waals surface area contributed by atoms with E-state index in [1.165, 1.54) is 5.56 Å². The molecule has 76 valence electrons. The van der Waals surface area contributed by atoms with Crippen LogP contribution in [0.2, 0.25) is 0 Å². The Labute approximate surface area is 89.5 Å². The first kappa shape index (κ1) is 10.1. The highest BCUT2D eigenvalue weighted by molar-refractivity contribution is 8.00. The molecule has 1 saturated heterocycles. The number of aliphatic hydroxyl groups is 1. The molecule has 2 rings (SSSR count). The summed E-state index contributed by atoms with van der Waals surface area (Å²) >= 11 is 1.85. The Morgan fingerprint density at radius 1 is 1.50 bits per heavy atom. The molecule has 1 aliphatic rings. The molecule has 2 atom stereocenters. The second-order valence-corrected chi connectivity index (χ2v) is 5.51. The molecule has 0 radical (unpaired) electrons. The lowest BCUT2D eigenvalue weighted by atomic mass is 9.88. The fraction of sp³-hybridized carbons (Fsp3) is 0.500. The third-order valence-corrected chi connectivity index (χ3v) is 4.37. The van der Waals surface area contributed by atoms with Gasteiger partial charge in [0.05, 0.1) is 0 Å². The molecule has 0 aliphatic carbocycles. The molecule has 0 bridgehead atoms. The topological polar surface area (TPSA) is 20.2 Å². The fourth-order valence-electron chi connectivity index (χ4n) is 2.03. The van der Waals surface area contributed by atoms with Gasteiger partial charge >= 0.3 is 0 Å². The van der Waals surface area contributed by atoms with E-state index in [0.29, 0.717) is 5.25 Å². The minimum atomic E-state index is -0.601. The molecule has 2 heteroatoms. The third-order valence-electron chi connectivity index (χ3n) is 3.04. The number of hydrogen-bond donors (Lipinski definition) is 1.